The maximum Gasteiger partial charge on any atom is 0.154 e. The highest BCUT2D eigenvalue weighted by molar-refractivity contribution is 7.90. The van der Waals surface area contributed by atoms with Gasteiger partial charge in [-0.1, -0.05) is 17.7 Å². The lowest BCUT2D eigenvalue weighted by atomic mass is 10.2. The van der Waals surface area contributed by atoms with Crippen molar-refractivity contribution < 1.29 is 12.8 Å². The predicted octanol–water partition coefficient (Wildman–Crippen LogP) is 1.74. The molecular formula is C10H13ClFNO2S. The minimum Gasteiger partial charge on any atom is -0.330 e. The van der Waals surface area contributed by atoms with Gasteiger partial charge >= 0.3 is 0 Å². The molecule has 0 atom stereocenters. The molecule has 0 aliphatic heterocycles. The maximum absolute atomic E-state index is 12.7. The quantitative estimate of drug-likeness (QED) is 0.882. The largest absolute Gasteiger partial charge is 0.330 e. The summed E-state index contributed by atoms with van der Waals surface area (Å²) in [5.74, 6) is -0.628. The molecule has 0 saturated heterocycles. The first-order valence-corrected chi connectivity index (χ1v) is 6.99. The second-order valence-corrected chi connectivity index (χ2v) is 6.06. The Morgan fingerprint density at radius 1 is 1.38 bits per heavy atom. The summed E-state index contributed by atoms with van der Waals surface area (Å²) in [4.78, 5) is 0. The second-order valence-electron chi connectivity index (χ2n) is 3.47. The average Bonchev–Trinajstić information content (AvgIpc) is 2.19. The summed E-state index contributed by atoms with van der Waals surface area (Å²) in [5.41, 5.74) is 5.66. The smallest absolute Gasteiger partial charge is 0.154 e. The fraction of sp³-hybridized carbons (Fsp3) is 0.400. The lowest BCUT2D eigenvalue weighted by molar-refractivity contribution is 0.592. The third kappa shape index (κ3) is 4.08. The molecule has 0 heterocycles. The molecule has 16 heavy (non-hydrogen) atoms. The maximum atomic E-state index is 12.7. The molecular weight excluding hydrogens is 253 g/mol. The van der Waals surface area contributed by atoms with Crippen LogP contribution >= 0.6 is 11.6 Å². The van der Waals surface area contributed by atoms with E-state index in [1.165, 1.54) is 12.1 Å². The fourth-order valence-electron chi connectivity index (χ4n) is 1.25. The number of hydrogen-bond donors (Lipinski definition) is 1. The van der Waals surface area contributed by atoms with E-state index in [0.29, 0.717) is 18.5 Å². The predicted molar refractivity (Wildman–Crippen MR) is 62.6 cm³/mol. The van der Waals surface area contributed by atoms with E-state index in [1.54, 1.807) is 0 Å². The first-order chi connectivity index (χ1) is 7.44. The summed E-state index contributed by atoms with van der Waals surface area (Å²) in [6.07, 6.45) is 0.418. The van der Waals surface area contributed by atoms with Crippen molar-refractivity contribution in [3.63, 3.8) is 0 Å². The highest BCUT2D eigenvalue weighted by Crippen LogP contribution is 2.19. The topological polar surface area (TPSA) is 60.2 Å². The fourth-order valence-corrected chi connectivity index (χ4v) is 3.04. The van der Waals surface area contributed by atoms with E-state index in [4.69, 9.17) is 17.3 Å². The van der Waals surface area contributed by atoms with Gasteiger partial charge in [0, 0.05) is 5.02 Å². The number of sulfone groups is 1. The van der Waals surface area contributed by atoms with Crippen LogP contribution in [0.2, 0.25) is 5.02 Å². The van der Waals surface area contributed by atoms with Gasteiger partial charge in [-0.15, -0.1) is 0 Å². The molecule has 6 heteroatoms. The number of nitrogens with two attached hydrogens (primary N) is 1. The van der Waals surface area contributed by atoms with Gasteiger partial charge < -0.3 is 5.73 Å². The molecule has 0 bridgehead atoms. The van der Waals surface area contributed by atoms with Crippen LogP contribution in [0.5, 0.6) is 0 Å². The summed E-state index contributed by atoms with van der Waals surface area (Å²) in [7, 11) is -3.22. The highest BCUT2D eigenvalue weighted by Gasteiger charge is 2.13. The third-order valence-corrected chi connectivity index (χ3v) is 4.06. The van der Waals surface area contributed by atoms with Crippen LogP contribution in [0.25, 0.3) is 0 Å². The van der Waals surface area contributed by atoms with E-state index >= 15 is 0 Å². The monoisotopic (exact) mass is 265 g/mol. The summed E-state index contributed by atoms with van der Waals surface area (Å²) < 4.78 is 35.9. The zero-order valence-electron chi connectivity index (χ0n) is 8.62. The summed E-state index contributed by atoms with van der Waals surface area (Å²) >= 11 is 5.74. The van der Waals surface area contributed by atoms with E-state index in [9.17, 15) is 12.8 Å². The van der Waals surface area contributed by atoms with Gasteiger partial charge in [-0.05, 0) is 30.7 Å². The van der Waals surface area contributed by atoms with Crippen molar-refractivity contribution in [1.82, 2.24) is 0 Å². The van der Waals surface area contributed by atoms with Gasteiger partial charge in [-0.25, -0.2) is 12.8 Å². The Kier molecular flexibility index (Phi) is 4.70. The lowest BCUT2D eigenvalue weighted by Gasteiger charge is -2.05. The zero-order chi connectivity index (χ0) is 12.2. The van der Waals surface area contributed by atoms with Crippen LogP contribution in [0.3, 0.4) is 0 Å². The van der Waals surface area contributed by atoms with Gasteiger partial charge in [-0.3, -0.25) is 0 Å². The SMILES string of the molecule is NCCCS(=O)(=O)Cc1ccc(F)cc1Cl. The normalized spacial score (nSPS) is 11.7. The Bertz CT molecular complexity index is 462. The highest BCUT2D eigenvalue weighted by atomic mass is 35.5. The molecule has 0 aliphatic carbocycles. The minimum absolute atomic E-state index is 0.0250. The van der Waals surface area contributed by atoms with Crippen molar-refractivity contribution in [2.75, 3.05) is 12.3 Å². The van der Waals surface area contributed by atoms with E-state index in [2.05, 4.69) is 0 Å². The summed E-state index contributed by atoms with van der Waals surface area (Å²) in [5, 5.41) is 0.135. The summed E-state index contributed by atoms with van der Waals surface area (Å²) in [6.45, 7) is 0.330. The van der Waals surface area contributed by atoms with Gasteiger partial charge in [0.15, 0.2) is 9.84 Å². The van der Waals surface area contributed by atoms with Crippen molar-refractivity contribution in [2.45, 2.75) is 12.2 Å². The Balaban J connectivity index is 2.80. The second kappa shape index (κ2) is 5.61. The van der Waals surface area contributed by atoms with Crippen LogP contribution in [0, 0.1) is 5.82 Å². The van der Waals surface area contributed by atoms with E-state index in [1.807, 2.05) is 0 Å². The van der Waals surface area contributed by atoms with Gasteiger partial charge in [0.1, 0.15) is 5.82 Å². The zero-order valence-corrected chi connectivity index (χ0v) is 10.2. The van der Waals surface area contributed by atoms with Gasteiger partial charge in [0.05, 0.1) is 11.5 Å². The molecule has 1 aromatic carbocycles. The number of halogens is 2. The molecule has 3 nitrogen and oxygen atoms in total. The standard InChI is InChI=1S/C10H13ClFNO2S/c11-10-6-9(12)3-2-8(10)7-16(14,15)5-1-4-13/h2-3,6H,1,4-5,7,13H2. The van der Waals surface area contributed by atoms with E-state index < -0.39 is 15.7 Å². The first-order valence-electron chi connectivity index (χ1n) is 4.79. The Labute approximate surface area is 99.3 Å². The minimum atomic E-state index is -3.22. The Morgan fingerprint density at radius 2 is 2.06 bits per heavy atom. The van der Waals surface area contributed by atoms with Gasteiger partial charge in [0.2, 0.25) is 0 Å². The van der Waals surface area contributed by atoms with Crippen molar-refractivity contribution in [1.29, 1.82) is 0 Å². The van der Waals surface area contributed by atoms with E-state index in [0.717, 1.165) is 6.07 Å². The molecule has 0 spiro atoms. The molecule has 0 fully saturated rings. The molecule has 0 radical (unpaired) electrons. The molecule has 0 aliphatic rings. The molecule has 1 aromatic rings. The molecule has 0 saturated carbocycles. The number of benzene rings is 1. The van der Waals surface area contributed by atoms with Crippen LogP contribution in [-0.4, -0.2) is 20.7 Å². The third-order valence-electron chi connectivity index (χ3n) is 2.05. The lowest BCUT2D eigenvalue weighted by Crippen LogP contribution is -2.13. The first kappa shape index (κ1) is 13.4. The van der Waals surface area contributed by atoms with Gasteiger partial charge in [0.25, 0.3) is 0 Å². The van der Waals surface area contributed by atoms with Crippen molar-refractivity contribution in [3.05, 3.63) is 34.6 Å². The molecule has 2 N–H and O–H groups in total. The molecule has 90 valence electrons. The van der Waals surface area contributed by atoms with Crippen molar-refractivity contribution >= 4 is 21.4 Å². The van der Waals surface area contributed by atoms with Crippen molar-refractivity contribution in [3.8, 4) is 0 Å². The van der Waals surface area contributed by atoms with Crippen LogP contribution < -0.4 is 5.73 Å². The van der Waals surface area contributed by atoms with Crippen LogP contribution in [0.4, 0.5) is 4.39 Å². The van der Waals surface area contributed by atoms with Gasteiger partial charge in [-0.2, -0.15) is 0 Å². The average molecular weight is 266 g/mol. The number of hydrogen-bond acceptors (Lipinski definition) is 3. The summed E-state index contributed by atoms with van der Waals surface area (Å²) in [6, 6.07) is 3.69. The number of rotatable bonds is 5. The molecule has 0 aromatic heterocycles. The van der Waals surface area contributed by atoms with Crippen LogP contribution in [-0.2, 0) is 15.6 Å². The van der Waals surface area contributed by atoms with Crippen LogP contribution in [0.1, 0.15) is 12.0 Å². The van der Waals surface area contributed by atoms with Crippen molar-refractivity contribution in [2.24, 2.45) is 5.73 Å². The molecule has 0 amide bonds. The van der Waals surface area contributed by atoms with Crippen LogP contribution in [0.15, 0.2) is 18.2 Å². The van der Waals surface area contributed by atoms with E-state index in [-0.39, 0.29) is 16.5 Å². The Morgan fingerprint density at radius 3 is 2.62 bits per heavy atom. The molecule has 0 unspecified atom stereocenters. The molecule has 1 rings (SSSR count). The Hall–Kier alpha value is -0.650.